The maximum atomic E-state index is 4.32. The number of benzene rings is 1. The fraction of sp³-hybridized carbons (Fsp3) is 0.0667. The van der Waals surface area contributed by atoms with Gasteiger partial charge >= 0.3 is 0 Å². The summed E-state index contributed by atoms with van der Waals surface area (Å²) in [5.74, 6) is 0. The van der Waals surface area contributed by atoms with Gasteiger partial charge in [0.2, 0.25) is 0 Å². The molecular formula is C15H14N2. The normalized spacial score (nSPS) is 10.6. The number of aromatic nitrogens is 2. The molecule has 0 aliphatic heterocycles. The summed E-state index contributed by atoms with van der Waals surface area (Å²) in [6, 6.07) is 10.1. The summed E-state index contributed by atoms with van der Waals surface area (Å²) in [6.07, 6.45) is 10.0. The molecule has 0 spiro atoms. The van der Waals surface area contributed by atoms with Gasteiger partial charge in [0, 0.05) is 18.8 Å². The Kier molecular flexibility index (Phi) is 3.81. The zero-order valence-corrected chi connectivity index (χ0v) is 9.58. The smallest absolute Gasteiger partial charge is 0.0848 e. The molecule has 0 aliphatic carbocycles. The van der Waals surface area contributed by atoms with E-state index in [1.54, 1.807) is 12.4 Å². The van der Waals surface area contributed by atoms with E-state index in [0.29, 0.717) is 0 Å². The van der Waals surface area contributed by atoms with Crippen molar-refractivity contribution < 1.29 is 0 Å². The van der Waals surface area contributed by atoms with Crippen molar-refractivity contribution in [2.24, 2.45) is 0 Å². The monoisotopic (exact) mass is 222 g/mol. The molecule has 1 aromatic heterocycles. The Balaban J connectivity index is 2.24. The zero-order valence-electron chi connectivity index (χ0n) is 9.58. The van der Waals surface area contributed by atoms with E-state index in [1.807, 2.05) is 36.4 Å². The lowest BCUT2D eigenvalue weighted by molar-refractivity contribution is 1.04. The summed E-state index contributed by atoms with van der Waals surface area (Å²) in [5.41, 5.74) is 3.01. The first-order valence-corrected chi connectivity index (χ1v) is 5.54. The molecular weight excluding hydrogens is 208 g/mol. The maximum absolute atomic E-state index is 4.32. The van der Waals surface area contributed by atoms with Crippen molar-refractivity contribution in [1.82, 2.24) is 9.97 Å². The van der Waals surface area contributed by atoms with Gasteiger partial charge in [0.25, 0.3) is 0 Å². The fourth-order valence-electron chi connectivity index (χ4n) is 1.55. The minimum atomic E-state index is 0.738. The summed E-state index contributed by atoms with van der Waals surface area (Å²) in [6.45, 7) is 3.72. The largest absolute Gasteiger partial charge is 0.257 e. The third-order valence-electron chi connectivity index (χ3n) is 2.38. The molecule has 2 heteroatoms. The van der Waals surface area contributed by atoms with Crippen LogP contribution in [0.25, 0.3) is 12.2 Å². The predicted octanol–water partition coefficient (Wildman–Crippen LogP) is 3.38. The standard InChI is InChI=1S/C15H14N2/c1-2-6-14-15(17-12-11-16-14)10-9-13-7-4-3-5-8-13/h2-5,7-12H,1,6H2. The van der Waals surface area contributed by atoms with Crippen LogP contribution in [0, 0.1) is 0 Å². The molecule has 0 radical (unpaired) electrons. The number of hydrogen-bond donors (Lipinski definition) is 0. The Labute approximate surface area is 101 Å². The molecule has 1 heterocycles. The lowest BCUT2D eigenvalue weighted by atomic mass is 10.1. The number of hydrogen-bond acceptors (Lipinski definition) is 2. The topological polar surface area (TPSA) is 25.8 Å². The van der Waals surface area contributed by atoms with E-state index in [1.165, 1.54) is 0 Å². The molecule has 84 valence electrons. The summed E-state index contributed by atoms with van der Waals surface area (Å²) < 4.78 is 0. The molecule has 0 aliphatic rings. The minimum Gasteiger partial charge on any atom is -0.257 e. The molecule has 0 fully saturated rings. The lowest BCUT2D eigenvalue weighted by Crippen LogP contribution is -1.94. The molecule has 0 bridgehead atoms. The van der Waals surface area contributed by atoms with Crippen molar-refractivity contribution in [1.29, 1.82) is 0 Å². The molecule has 17 heavy (non-hydrogen) atoms. The second-order valence-electron chi connectivity index (χ2n) is 3.63. The van der Waals surface area contributed by atoms with Crippen LogP contribution in [-0.4, -0.2) is 9.97 Å². The van der Waals surface area contributed by atoms with E-state index in [2.05, 4.69) is 28.7 Å². The van der Waals surface area contributed by atoms with E-state index in [-0.39, 0.29) is 0 Å². The molecule has 0 amide bonds. The Morgan fingerprint density at radius 3 is 2.53 bits per heavy atom. The molecule has 1 aromatic carbocycles. The first-order chi connectivity index (χ1) is 8.40. The highest BCUT2D eigenvalue weighted by Gasteiger charge is 1.98. The first-order valence-electron chi connectivity index (χ1n) is 5.54. The third kappa shape index (κ3) is 3.11. The summed E-state index contributed by atoms with van der Waals surface area (Å²) in [4.78, 5) is 8.61. The average molecular weight is 222 g/mol. The molecule has 0 N–H and O–H groups in total. The summed E-state index contributed by atoms with van der Waals surface area (Å²) in [7, 11) is 0. The van der Waals surface area contributed by atoms with Crippen LogP contribution in [0.2, 0.25) is 0 Å². The minimum absolute atomic E-state index is 0.738. The van der Waals surface area contributed by atoms with Gasteiger partial charge in [-0.25, -0.2) is 0 Å². The van der Waals surface area contributed by atoms with Crippen LogP contribution in [0.15, 0.2) is 55.4 Å². The van der Waals surface area contributed by atoms with Crippen molar-refractivity contribution in [3.63, 3.8) is 0 Å². The predicted molar refractivity (Wildman–Crippen MR) is 71.3 cm³/mol. The molecule has 0 unspecified atom stereocenters. The van der Waals surface area contributed by atoms with E-state index >= 15 is 0 Å². The third-order valence-corrected chi connectivity index (χ3v) is 2.38. The first kappa shape index (κ1) is 11.3. The van der Waals surface area contributed by atoms with Crippen LogP contribution in [-0.2, 0) is 6.42 Å². The second kappa shape index (κ2) is 5.75. The second-order valence-corrected chi connectivity index (χ2v) is 3.63. The quantitative estimate of drug-likeness (QED) is 0.741. The van der Waals surface area contributed by atoms with Crippen LogP contribution in [0.3, 0.4) is 0 Å². The summed E-state index contributed by atoms with van der Waals surface area (Å²) >= 11 is 0. The highest BCUT2D eigenvalue weighted by Crippen LogP contribution is 2.09. The number of allylic oxidation sites excluding steroid dienone is 1. The maximum Gasteiger partial charge on any atom is 0.0848 e. The van der Waals surface area contributed by atoms with Gasteiger partial charge in [-0.2, -0.15) is 0 Å². The van der Waals surface area contributed by atoms with Gasteiger partial charge in [-0.05, 0) is 11.6 Å². The van der Waals surface area contributed by atoms with Crippen molar-refractivity contribution in [3.8, 4) is 0 Å². The van der Waals surface area contributed by atoms with Crippen LogP contribution in [0.1, 0.15) is 17.0 Å². The van der Waals surface area contributed by atoms with Crippen LogP contribution in [0.5, 0.6) is 0 Å². The van der Waals surface area contributed by atoms with E-state index in [0.717, 1.165) is 23.4 Å². The lowest BCUT2D eigenvalue weighted by Gasteiger charge is -2.00. The summed E-state index contributed by atoms with van der Waals surface area (Å²) in [5, 5.41) is 0. The highest BCUT2D eigenvalue weighted by molar-refractivity contribution is 5.68. The van der Waals surface area contributed by atoms with Gasteiger partial charge in [0.15, 0.2) is 0 Å². The van der Waals surface area contributed by atoms with E-state index in [4.69, 9.17) is 0 Å². The molecule has 0 atom stereocenters. The zero-order chi connectivity index (χ0) is 11.9. The van der Waals surface area contributed by atoms with Crippen LogP contribution >= 0.6 is 0 Å². The SMILES string of the molecule is C=CCc1nccnc1C=Cc1ccccc1. The number of rotatable bonds is 4. The van der Waals surface area contributed by atoms with Gasteiger partial charge in [-0.1, -0.05) is 42.5 Å². The van der Waals surface area contributed by atoms with Crippen molar-refractivity contribution in [3.05, 3.63) is 72.3 Å². The highest BCUT2D eigenvalue weighted by atomic mass is 14.8. The van der Waals surface area contributed by atoms with Crippen LogP contribution in [0.4, 0.5) is 0 Å². The van der Waals surface area contributed by atoms with Gasteiger partial charge in [-0.3, -0.25) is 9.97 Å². The van der Waals surface area contributed by atoms with Crippen molar-refractivity contribution in [2.75, 3.05) is 0 Å². The van der Waals surface area contributed by atoms with Crippen LogP contribution < -0.4 is 0 Å². The van der Waals surface area contributed by atoms with Gasteiger partial charge < -0.3 is 0 Å². The number of nitrogens with zero attached hydrogens (tertiary/aromatic N) is 2. The molecule has 0 saturated heterocycles. The Morgan fingerprint density at radius 2 is 1.76 bits per heavy atom. The fourth-order valence-corrected chi connectivity index (χ4v) is 1.55. The molecule has 2 rings (SSSR count). The molecule has 0 saturated carbocycles. The van der Waals surface area contributed by atoms with Crippen molar-refractivity contribution in [2.45, 2.75) is 6.42 Å². The van der Waals surface area contributed by atoms with E-state index in [9.17, 15) is 0 Å². The average Bonchev–Trinajstić information content (AvgIpc) is 2.39. The Morgan fingerprint density at radius 1 is 1.00 bits per heavy atom. The molecule has 2 nitrogen and oxygen atoms in total. The molecule has 2 aromatic rings. The Hall–Kier alpha value is -2.22. The van der Waals surface area contributed by atoms with Gasteiger partial charge in [0.05, 0.1) is 11.4 Å². The van der Waals surface area contributed by atoms with Gasteiger partial charge in [0.1, 0.15) is 0 Å². The van der Waals surface area contributed by atoms with Crippen molar-refractivity contribution >= 4 is 12.2 Å². The Bertz CT molecular complexity index is 515. The van der Waals surface area contributed by atoms with E-state index < -0.39 is 0 Å². The van der Waals surface area contributed by atoms with Gasteiger partial charge in [-0.15, -0.1) is 6.58 Å².